The maximum Gasteiger partial charge on any atom is 0.0153 e. The van der Waals surface area contributed by atoms with Crippen molar-refractivity contribution in [2.24, 2.45) is 5.73 Å². The Balaban J connectivity index is 1.69. The fraction of sp³-hybridized carbons (Fsp3) is 0.600. The fourth-order valence-electron chi connectivity index (χ4n) is 3.07. The number of piperidine rings is 1. The topological polar surface area (TPSA) is 29.3 Å². The molecule has 1 aromatic rings. The molecule has 17 heavy (non-hydrogen) atoms. The molecule has 2 nitrogen and oxygen atoms in total. The zero-order valence-electron chi connectivity index (χ0n) is 10.4. The minimum Gasteiger partial charge on any atom is -0.328 e. The van der Waals surface area contributed by atoms with Gasteiger partial charge in [0.25, 0.3) is 0 Å². The Hall–Kier alpha value is -0.860. The van der Waals surface area contributed by atoms with E-state index in [0.29, 0.717) is 12.1 Å². The summed E-state index contributed by atoms with van der Waals surface area (Å²) in [5.41, 5.74) is 7.59. The third-order valence-electron chi connectivity index (χ3n) is 4.13. The molecule has 1 saturated heterocycles. The molecular weight excluding hydrogens is 208 g/mol. The van der Waals surface area contributed by atoms with Crippen LogP contribution >= 0.6 is 0 Å². The van der Waals surface area contributed by atoms with Gasteiger partial charge in [-0.25, -0.2) is 0 Å². The van der Waals surface area contributed by atoms with Gasteiger partial charge in [0.05, 0.1) is 0 Å². The lowest BCUT2D eigenvalue weighted by Gasteiger charge is -2.38. The van der Waals surface area contributed by atoms with Gasteiger partial charge in [0.2, 0.25) is 0 Å². The van der Waals surface area contributed by atoms with Crippen molar-refractivity contribution < 1.29 is 0 Å². The van der Waals surface area contributed by atoms with E-state index < -0.39 is 0 Å². The molecule has 1 aromatic carbocycles. The van der Waals surface area contributed by atoms with E-state index in [2.05, 4.69) is 35.2 Å². The van der Waals surface area contributed by atoms with Crippen molar-refractivity contribution >= 4 is 0 Å². The first kappa shape index (κ1) is 11.2. The molecule has 1 heterocycles. The molecule has 1 aliphatic heterocycles. The van der Waals surface area contributed by atoms with E-state index in [4.69, 9.17) is 5.73 Å². The second-order valence-electron chi connectivity index (χ2n) is 5.60. The van der Waals surface area contributed by atoms with Gasteiger partial charge in [-0.3, -0.25) is 4.90 Å². The van der Waals surface area contributed by atoms with Crippen LogP contribution in [0, 0.1) is 0 Å². The molecule has 0 amide bonds. The SMILES string of the molecule is NC1CCN(C2CC2)C(Cc2ccccc2)C1. The van der Waals surface area contributed by atoms with Gasteiger partial charge in [-0.05, 0) is 37.7 Å². The number of likely N-dealkylation sites (tertiary alicyclic amines) is 1. The van der Waals surface area contributed by atoms with Crippen molar-refractivity contribution in [3.05, 3.63) is 35.9 Å². The molecule has 2 fully saturated rings. The van der Waals surface area contributed by atoms with Crippen molar-refractivity contribution in [2.75, 3.05) is 6.54 Å². The average Bonchev–Trinajstić information content (AvgIpc) is 3.15. The molecule has 0 bridgehead atoms. The largest absolute Gasteiger partial charge is 0.328 e. The van der Waals surface area contributed by atoms with Gasteiger partial charge in [0.1, 0.15) is 0 Å². The summed E-state index contributed by atoms with van der Waals surface area (Å²) in [6.45, 7) is 1.21. The maximum atomic E-state index is 6.13. The van der Waals surface area contributed by atoms with Crippen LogP contribution < -0.4 is 5.73 Å². The van der Waals surface area contributed by atoms with E-state index in [1.54, 1.807) is 0 Å². The molecule has 2 N–H and O–H groups in total. The Morgan fingerprint density at radius 1 is 1.12 bits per heavy atom. The summed E-state index contributed by atoms with van der Waals surface area (Å²) in [6, 6.07) is 12.8. The molecule has 2 heteroatoms. The van der Waals surface area contributed by atoms with Crippen molar-refractivity contribution in [1.82, 2.24) is 4.90 Å². The Labute approximate surface area is 104 Å². The predicted molar refractivity (Wildman–Crippen MR) is 70.9 cm³/mol. The Morgan fingerprint density at radius 2 is 1.88 bits per heavy atom. The third-order valence-corrected chi connectivity index (χ3v) is 4.13. The van der Waals surface area contributed by atoms with Gasteiger partial charge < -0.3 is 5.73 Å². The van der Waals surface area contributed by atoms with Crippen LogP contribution in [-0.2, 0) is 6.42 Å². The number of hydrogen-bond acceptors (Lipinski definition) is 2. The van der Waals surface area contributed by atoms with Crippen LogP contribution in [0.25, 0.3) is 0 Å². The average molecular weight is 230 g/mol. The van der Waals surface area contributed by atoms with E-state index in [1.807, 2.05) is 0 Å². The van der Waals surface area contributed by atoms with E-state index in [0.717, 1.165) is 6.04 Å². The number of nitrogens with zero attached hydrogens (tertiary/aromatic N) is 1. The zero-order chi connectivity index (χ0) is 11.7. The van der Waals surface area contributed by atoms with E-state index in [1.165, 1.54) is 44.2 Å². The molecule has 3 rings (SSSR count). The fourth-order valence-corrected chi connectivity index (χ4v) is 3.07. The van der Waals surface area contributed by atoms with Crippen LogP contribution in [0.1, 0.15) is 31.2 Å². The van der Waals surface area contributed by atoms with Crippen molar-refractivity contribution in [3.8, 4) is 0 Å². The number of benzene rings is 1. The summed E-state index contributed by atoms with van der Waals surface area (Å²) in [5.74, 6) is 0. The van der Waals surface area contributed by atoms with Crippen molar-refractivity contribution in [2.45, 2.75) is 50.2 Å². The lowest BCUT2D eigenvalue weighted by molar-refractivity contribution is 0.126. The first-order chi connectivity index (χ1) is 8.33. The maximum absolute atomic E-state index is 6.13. The minimum absolute atomic E-state index is 0.415. The van der Waals surface area contributed by atoms with Gasteiger partial charge in [-0.2, -0.15) is 0 Å². The van der Waals surface area contributed by atoms with Crippen molar-refractivity contribution in [3.63, 3.8) is 0 Å². The van der Waals surface area contributed by atoms with Gasteiger partial charge in [0.15, 0.2) is 0 Å². The van der Waals surface area contributed by atoms with E-state index in [-0.39, 0.29) is 0 Å². The lowest BCUT2D eigenvalue weighted by Crippen LogP contribution is -2.48. The van der Waals surface area contributed by atoms with E-state index in [9.17, 15) is 0 Å². The van der Waals surface area contributed by atoms with Crippen LogP contribution in [0.5, 0.6) is 0 Å². The Morgan fingerprint density at radius 3 is 2.59 bits per heavy atom. The minimum atomic E-state index is 0.415. The molecule has 0 spiro atoms. The second kappa shape index (κ2) is 4.79. The standard InChI is InChI=1S/C15H22N2/c16-13-8-9-17(14-6-7-14)15(11-13)10-12-4-2-1-3-5-12/h1-5,13-15H,6-11,16H2. The number of nitrogens with two attached hydrogens (primary N) is 1. The van der Waals surface area contributed by atoms with Gasteiger partial charge in [-0.15, -0.1) is 0 Å². The summed E-state index contributed by atoms with van der Waals surface area (Å²) in [4.78, 5) is 2.72. The molecule has 1 aliphatic carbocycles. The lowest BCUT2D eigenvalue weighted by atomic mass is 9.92. The Kier molecular flexibility index (Phi) is 3.17. The highest BCUT2D eigenvalue weighted by Gasteiger charge is 2.36. The summed E-state index contributed by atoms with van der Waals surface area (Å²) >= 11 is 0. The van der Waals surface area contributed by atoms with Crippen LogP contribution in [-0.4, -0.2) is 29.6 Å². The Bertz CT molecular complexity index is 358. The van der Waals surface area contributed by atoms with Crippen molar-refractivity contribution in [1.29, 1.82) is 0 Å². The highest BCUT2D eigenvalue weighted by atomic mass is 15.2. The molecule has 2 unspecified atom stereocenters. The molecule has 0 aromatic heterocycles. The first-order valence-electron chi connectivity index (χ1n) is 6.88. The highest BCUT2D eigenvalue weighted by Crippen LogP contribution is 2.33. The normalized spacial score (nSPS) is 30.4. The highest BCUT2D eigenvalue weighted by molar-refractivity contribution is 5.16. The monoisotopic (exact) mass is 230 g/mol. The summed E-state index contributed by atoms with van der Waals surface area (Å²) in [6.07, 6.45) is 6.33. The van der Waals surface area contributed by atoms with Gasteiger partial charge in [0, 0.05) is 24.7 Å². The van der Waals surface area contributed by atoms with Crippen LogP contribution in [0.2, 0.25) is 0 Å². The number of hydrogen-bond donors (Lipinski definition) is 1. The van der Waals surface area contributed by atoms with Crippen LogP contribution in [0.3, 0.4) is 0 Å². The smallest absolute Gasteiger partial charge is 0.0153 e. The summed E-state index contributed by atoms with van der Waals surface area (Å²) in [7, 11) is 0. The summed E-state index contributed by atoms with van der Waals surface area (Å²) in [5, 5.41) is 0. The zero-order valence-corrected chi connectivity index (χ0v) is 10.4. The predicted octanol–water partition coefficient (Wildman–Crippen LogP) is 2.18. The summed E-state index contributed by atoms with van der Waals surface area (Å²) < 4.78 is 0. The molecular formula is C15H22N2. The number of rotatable bonds is 3. The third kappa shape index (κ3) is 2.70. The molecule has 92 valence electrons. The quantitative estimate of drug-likeness (QED) is 0.862. The molecule has 1 saturated carbocycles. The molecule has 2 atom stereocenters. The van der Waals surface area contributed by atoms with Crippen LogP contribution in [0.15, 0.2) is 30.3 Å². The molecule has 2 aliphatic rings. The first-order valence-corrected chi connectivity index (χ1v) is 6.88. The van der Waals surface area contributed by atoms with Crippen LogP contribution in [0.4, 0.5) is 0 Å². The van der Waals surface area contributed by atoms with Gasteiger partial charge >= 0.3 is 0 Å². The second-order valence-corrected chi connectivity index (χ2v) is 5.60. The molecule has 0 radical (unpaired) electrons. The van der Waals surface area contributed by atoms with Gasteiger partial charge in [-0.1, -0.05) is 30.3 Å². The van der Waals surface area contributed by atoms with E-state index >= 15 is 0 Å².